The van der Waals surface area contributed by atoms with Gasteiger partial charge in [-0.2, -0.15) is 0 Å². The normalized spacial score (nSPS) is 12.1. The van der Waals surface area contributed by atoms with Crippen molar-refractivity contribution < 1.29 is 4.92 Å². The van der Waals surface area contributed by atoms with Gasteiger partial charge < -0.3 is 0 Å². The zero-order chi connectivity index (χ0) is 14.7. The largest absolute Gasteiger partial charge is 0.259 e. The Morgan fingerprint density at radius 1 is 1.40 bits per heavy atom. The topological polar surface area (TPSA) is 56.0 Å². The monoisotopic (exact) mass is 270 g/mol. The molecule has 0 aliphatic carbocycles. The molecule has 0 spiro atoms. The fourth-order valence-corrected chi connectivity index (χ4v) is 2.24. The second kappa shape index (κ2) is 5.82. The Morgan fingerprint density at radius 3 is 2.75 bits per heavy atom. The average Bonchev–Trinajstić information content (AvgIpc) is 2.37. The minimum absolute atomic E-state index is 0.246. The van der Waals surface area contributed by atoms with Gasteiger partial charge in [0.05, 0.1) is 10.4 Å². The van der Waals surface area contributed by atoms with Crippen LogP contribution in [0.25, 0.3) is 17.0 Å². The molecule has 20 heavy (non-hydrogen) atoms. The predicted octanol–water partition coefficient (Wildman–Crippen LogP) is 4.21. The van der Waals surface area contributed by atoms with E-state index in [2.05, 4.69) is 4.98 Å². The lowest BCUT2D eigenvalue weighted by molar-refractivity contribution is -0.427. The number of aryl methyl sites for hydroxylation is 1. The summed E-state index contributed by atoms with van der Waals surface area (Å²) in [5, 5.41) is 12.1. The van der Waals surface area contributed by atoms with E-state index in [1.807, 2.05) is 51.1 Å². The molecule has 104 valence electrons. The number of para-hydroxylation sites is 1. The maximum atomic E-state index is 11.2. The summed E-state index contributed by atoms with van der Waals surface area (Å²) in [5.41, 5.74) is 2.84. The lowest BCUT2D eigenvalue weighted by Gasteiger charge is -2.06. The van der Waals surface area contributed by atoms with E-state index >= 15 is 0 Å². The molecule has 4 nitrogen and oxygen atoms in total. The summed E-state index contributed by atoms with van der Waals surface area (Å²) in [6, 6.07) is 9.61. The first-order valence-electron chi connectivity index (χ1n) is 6.68. The average molecular weight is 270 g/mol. The van der Waals surface area contributed by atoms with Gasteiger partial charge in [0.2, 0.25) is 5.70 Å². The van der Waals surface area contributed by atoms with Crippen LogP contribution >= 0.6 is 0 Å². The van der Waals surface area contributed by atoms with Crippen molar-refractivity contribution in [2.45, 2.75) is 27.2 Å². The second-order valence-corrected chi connectivity index (χ2v) is 5.36. The van der Waals surface area contributed by atoms with E-state index in [-0.39, 0.29) is 16.5 Å². The third kappa shape index (κ3) is 3.20. The Hall–Kier alpha value is -2.23. The van der Waals surface area contributed by atoms with Crippen molar-refractivity contribution >= 4 is 17.0 Å². The van der Waals surface area contributed by atoms with Gasteiger partial charge in [0.15, 0.2) is 0 Å². The molecule has 4 heteroatoms. The van der Waals surface area contributed by atoms with E-state index in [1.165, 1.54) is 0 Å². The zero-order valence-corrected chi connectivity index (χ0v) is 12.0. The van der Waals surface area contributed by atoms with Gasteiger partial charge in [-0.1, -0.05) is 32.0 Å². The number of nitro groups is 1. The van der Waals surface area contributed by atoms with E-state index in [0.29, 0.717) is 6.42 Å². The highest BCUT2D eigenvalue weighted by Gasteiger charge is 2.14. The van der Waals surface area contributed by atoms with Crippen molar-refractivity contribution in [1.29, 1.82) is 0 Å². The first-order chi connectivity index (χ1) is 9.47. The first kappa shape index (κ1) is 14.2. The molecule has 2 aromatic rings. The third-order valence-electron chi connectivity index (χ3n) is 3.05. The molecule has 1 heterocycles. The number of rotatable bonds is 4. The fourth-order valence-electron chi connectivity index (χ4n) is 2.24. The maximum Gasteiger partial charge on any atom is 0.247 e. The number of aromatic nitrogens is 1. The Labute approximate surface area is 118 Å². The van der Waals surface area contributed by atoms with Crippen molar-refractivity contribution in [2.24, 2.45) is 5.92 Å². The summed E-state index contributed by atoms with van der Waals surface area (Å²) < 4.78 is 0. The van der Waals surface area contributed by atoms with Crippen molar-refractivity contribution in [3.63, 3.8) is 0 Å². The van der Waals surface area contributed by atoms with Gasteiger partial charge in [-0.3, -0.25) is 15.1 Å². The van der Waals surface area contributed by atoms with Gasteiger partial charge in [-0.15, -0.1) is 0 Å². The Balaban J connectivity index is 2.58. The van der Waals surface area contributed by atoms with E-state index in [4.69, 9.17) is 0 Å². The molecule has 0 N–H and O–H groups in total. The van der Waals surface area contributed by atoms with Crippen LogP contribution in [0.5, 0.6) is 0 Å². The fraction of sp³-hybridized carbons (Fsp3) is 0.312. The van der Waals surface area contributed by atoms with Gasteiger partial charge in [0, 0.05) is 23.6 Å². The number of benzene rings is 1. The molecule has 0 unspecified atom stereocenters. The van der Waals surface area contributed by atoms with E-state index in [0.717, 1.165) is 22.2 Å². The number of pyridine rings is 1. The lowest BCUT2D eigenvalue weighted by Crippen LogP contribution is -2.02. The number of hydrogen-bond acceptors (Lipinski definition) is 3. The van der Waals surface area contributed by atoms with Crippen LogP contribution in [-0.2, 0) is 0 Å². The summed E-state index contributed by atoms with van der Waals surface area (Å²) in [4.78, 5) is 15.3. The minimum Gasteiger partial charge on any atom is -0.259 e. The SMILES string of the molecule is Cc1cc(C=C(CC(C)C)[N+](=O)[O-])c2ccccc2n1. The molecule has 1 aromatic heterocycles. The Bertz CT molecular complexity index is 675. The lowest BCUT2D eigenvalue weighted by atomic mass is 10.0. The van der Waals surface area contributed by atoms with E-state index in [1.54, 1.807) is 6.08 Å². The van der Waals surface area contributed by atoms with Crippen LogP contribution in [0, 0.1) is 23.0 Å². The highest BCUT2D eigenvalue weighted by atomic mass is 16.6. The molecule has 0 amide bonds. The third-order valence-corrected chi connectivity index (χ3v) is 3.05. The van der Waals surface area contributed by atoms with Crippen LogP contribution in [0.4, 0.5) is 0 Å². The highest BCUT2D eigenvalue weighted by molar-refractivity contribution is 5.88. The smallest absolute Gasteiger partial charge is 0.247 e. The van der Waals surface area contributed by atoms with E-state index in [9.17, 15) is 10.1 Å². The molecular weight excluding hydrogens is 252 g/mol. The minimum atomic E-state index is -0.287. The number of fused-ring (bicyclic) bond motifs is 1. The molecule has 1 aromatic carbocycles. The highest BCUT2D eigenvalue weighted by Crippen LogP contribution is 2.23. The van der Waals surface area contributed by atoms with Gasteiger partial charge in [0.25, 0.3) is 0 Å². The Kier molecular flexibility index (Phi) is 4.13. The van der Waals surface area contributed by atoms with Crippen molar-refractivity contribution in [3.05, 3.63) is 57.4 Å². The van der Waals surface area contributed by atoms with Crippen LogP contribution in [0.3, 0.4) is 0 Å². The molecule has 0 saturated heterocycles. The van der Waals surface area contributed by atoms with Crippen LogP contribution < -0.4 is 0 Å². The Morgan fingerprint density at radius 2 is 2.10 bits per heavy atom. The molecule has 0 aliphatic heterocycles. The summed E-state index contributed by atoms with van der Waals surface area (Å²) in [7, 11) is 0. The van der Waals surface area contributed by atoms with Crippen LogP contribution in [0.1, 0.15) is 31.5 Å². The van der Waals surface area contributed by atoms with Crippen LogP contribution in [0.15, 0.2) is 36.0 Å². The predicted molar refractivity (Wildman–Crippen MR) is 80.9 cm³/mol. The van der Waals surface area contributed by atoms with Crippen LogP contribution in [-0.4, -0.2) is 9.91 Å². The van der Waals surface area contributed by atoms with Crippen molar-refractivity contribution in [1.82, 2.24) is 4.98 Å². The molecule has 0 radical (unpaired) electrons. The van der Waals surface area contributed by atoms with Gasteiger partial charge in [0.1, 0.15) is 0 Å². The quantitative estimate of drug-likeness (QED) is 0.617. The number of hydrogen-bond donors (Lipinski definition) is 0. The molecule has 0 atom stereocenters. The molecule has 0 bridgehead atoms. The number of allylic oxidation sites excluding steroid dienone is 1. The molecule has 0 aliphatic rings. The summed E-state index contributed by atoms with van der Waals surface area (Å²) in [6.45, 7) is 5.86. The van der Waals surface area contributed by atoms with Crippen molar-refractivity contribution in [3.8, 4) is 0 Å². The van der Waals surface area contributed by atoms with Gasteiger partial charge >= 0.3 is 0 Å². The molecule has 0 fully saturated rings. The molecular formula is C16H18N2O2. The molecule has 2 rings (SSSR count). The summed E-state index contributed by atoms with van der Waals surface area (Å²) >= 11 is 0. The summed E-state index contributed by atoms with van der Waals surface area (Å²) in [5.74, 6) is 0.251. The number of nitrogens with zero attached hydrogens (tertiary/aromatic N) is 2. The van der Waals surface area contributed by atoms with Crippen molar-refractivity contribution in [2.75, 3.05) is 0 Å². The standard InChI is InChI=1S/C16H18N2O2/c1-11(2)8-14(18(19)20)10-13-9-12(3)17-16-7-5-4-6-15(13)16/h4-7,9-11H,8H2,1-3H3. The van der Waals surface area contributed by atoms with Gasteiger partial charge in [-0.05, 0) is 30.5 Å². The van der Waals surface area contributed by atoms with Gasteiger partial charge in [-0.25, -0.2) is 0 Å². The molecule has 0 saturated carbocycles. The zero-order valence-electron chi connectivity index (χ0n) is 12.0. The second-order valence-electron chi connectivity index (χ2n) is 5.36. The summed E-state index contributed by atoms with van der Waals surface area (Å²) in [6.07, 6.45) is 2.14. The van der Waals surface area contributed by atoms with E-state index < -0.39 is 0 Å². The first-order valence-corrected chi connectivity index (χ1v) is 6.68. The maximum absolute atomic E-state index is 11.2. The van der Waals surface area contributed by atoms with Crippen LogP contribution in [0.2, 0.25) is 0 Å².